The molecule has 0 N–H and O–H groups in total. The molecule has 0 bridgehead atoms. The zero-order valence-electron chi connectivity index (χ0n) is 19.9. The van der Waals surface area contributed by atoms with Gasteiger partial charge in [0, 0.05) is 40.2 Å². The normalized spacial score (nSPS) is 20.7. The Bertz CT molecular complexity index is 554. The first-order chi connectivity index (χ1) is 14.2. The highest BCUT2D eigenvalue weighted by Crippen LogP contribution is 2.27. The van der Waals surface area contributed by atoms with Gasteiger partial charge < -0.3 is 24.1 Å². The summed E-state index contributed by atoms with van der Waals surface area (Å²) in [5.41, 5.74) is 0. The first-order valence-corrected chi connectivity index (χ1v) is 11.3. The molecule has 1 saturated heterocycles. The Balaban J connectivity index is 2.94. The summed E-state index contributed by atoms with van der Waals surface area (Å²) >= 11 is 0. The molecule has 0 radical (unpaired) electrons. The maximum absolute atomic E-state index is 13.2. The second-order valence-corrected chi connectivity index (χ2v) is 8.93. The number of carbonyl (C=O) groups excluding carboxylic acids is 3. The molecule has 7 heteroatoms. The summed E-state index contributed by atoms with van der Waals surface area (Å²) in [6.45, 7) is 8.61. The fourth-order valence-electron chi connectivity index (χ4n) is 4.51. The summed E-state index contributed by atoms with van der Waals surface area (Å²) < 4.78 is 11.3. The Kier molecular flexibility index (Phi) is 11.6. The molecule has 0 aromatic heterocycles. The number of likely N-dealkylation sites (N-methyl/N-ethyl adjacent to an activating group) is 1. The molecule has 0 aromatic carbocycles. The van der Waals surface area contributed by atoms with E-state index in [9.17, 15) is 14.4 Å². The Morgan fingerprint density at radius 2 is 1.83 bits per heavy atom. The van der Waals surface area contributed by atoms with Crippen molar-refractivity contribution in [2.45, 2.75) is 90.5 Å². The van der Waals surface area contributed by atoms with Crippen molar-refractivity contribution in [1.29, 1.82) is 0 Å². The quantitative estimate of drug-likeness (QED) is 0.423. The van der Waals surface area contributed by atoms with E-state index in [0.29, 0.717) is 13.0 Å². The van der Waals surface area contributed by atoms with Crippen LogP contribution in [0.4, 0.5) is 0 Å². The highest BCUT2D eigenvalue weighted by Gasteiger charge is 2.39. The van der Waals surface area contributed by atoms with Crippen molar-refractivity contribution in [3.63, 3.8) is 0 Å². The molecule has 0 aromatic rings. The Labute approximate surface area is 182 Å². The van der Waals surface area contributed by atoms with Crippen molar-refractivity contribution in [2.75, 3.05) is 27.8 Å². The van der Waals surface area contributed by atoms with E-state index >= 15 is 0 Å². The minimum absolute atomic E-state index is 0.00434. The highest BCUT2D eigenvalue weighted by molar-refractivity contribution is 5.79. The fourth-order valence-corrected chi connectivity index (χ4v) is 4.51. The summed E-state index contributed by atoms with van der Waals surface area (Å²) in [7, 11) is 5.01. The number of hydrogen-bond donors (Lipinski definition) is 0. The summed E-state index contributed by atoms with van der Waals surface area (Å²) in [4.78, 5) is 40.8. The lowest BCUT2D eigenvalue weighted by Crippen LogP contribution is -2.50. The van der Waals surface area contributed by atoms with Gasteiger partial charge >= 0.3 is 0 Å². The predicted octanol–water partition coefficient (Wildman–Crippen LogP) is 2.91. The third kappa shape index (κ3) is 7.05. The molecule has 5 unspecified atom stereocenters. The van der Waals surface area contributed by atoms with Gasteiger partial charge in [-0.3, -0.25) is 9.59 Å². The first kappa shape index (κ1) is 26.6. The van der Waals surface area contributed by atoms with Gasteiger partial charge in [-0.1, -0.05) is 34.1 Å². The number of likely N-dealkylation sites (tertiary alicyclic amines) is 1. The molecule has 0 spiro atoms. The minimum Gasteiger partial charge on any atom is -0.379 e. The number of ether oxygens (including phenoxy) is 2. The zero-order valence-corrected chi connectivity index (χ0v) is 19.9. The minimum atomic E-state index is -0.371. The number of rotatable bonds is 13. The molecule has 174 valence electrons. The van der Waals surface area contributed by atoms with E-state index in [1.165, 1.54) is 0 Å². The lowest BCUT2D eigenvalue weighted by atomic mass is 9.96. The van der Waals surface area contributed by atoms with Crippen LogP contribution in [0.1, 0.15) is 66.2 Å². The molecule has 1 fully saturated rings. The summed E-state index contributed by atoms with van der Waals surface area (Å²) in [5, 5.41) is 0. The average Bonchev–Trinajstić information content (AvgIpc) is 3.19. The van der Waals surface area contributed by atoms with Crippen LogP contribution in [0.5, 0.6) is 0 Å². The molecule has 7 nitrogen and oxygen atoms in total. The van der Waals surface area contributed by atoms with Crippen molar-refractivity contribution < 1.29 is 23.9 Å². The van der Waals surface area contributed by atoms with Crippen molar-refractivity contribution >= 4 is 18.1 Å². The summed E-state index contributed by atoms with van der Waals surface area (Å²) in [6, 6.07) is -0.256. The second kappa shape index (κ2) is 13.1. The number of amides is 2. The highest BCUT2D eigenvalue weighted by atomic mass is 16.5. The van der Waals surface area contributed by atoms with E-state index in [2.05, 4.69) is 6.92 Å². The Hall–Kier alpha value is -1.47. The van der Waals surface area contributed by atoms with E-state index in [1.54, 1.807) is 19.1 Å². The Morgan fingerprint density at radius 1 is 1.17 bits per heavy atom. The molecule has 30 heavy (non-hydrogen) atoms. The molecule has 0 aliphatic carbocycles. The van der Waals surface area contributed by atoms with Gasteiger partial charge in [0.1, 0.15) is 6.29 Å². The molecular formula is C23H42N2O5. The van der Waals surface area contributed by atoms with Crippen molar-refractivity contribution in [2.24, 2.45) is 11.8 Å². The van der Waals surface area contributed by atoms with Crippen LogP contribution in [-0.2, 0) is 23.9 Å². The fraction of sp³-hybridized carbons (Fsp3) is 0.870. The van der Waals surface area contributed by atoms with E-state index < -0.39 is 0 Å². The number of nitrogens with zero attached hydrogens (tertiary/aromatic N) is 2. The SMILES string of the molecule is CCCC(C(CC(=O)N1CCCC1C(OC)C(C)C=O)OC)N(C)C(=O)CC(C)C. The maximum Gasteiger partial charge on any atom is 0.225 e. The van der Waals surface area contributed by atoms with E-state index in [1.807, 2.05) is 32.7 Å². The Morgan fingerprint density at radius 3 is 2.33 bits per heavy atom. The van der Waals surface area contributed by atoms with Crippen LogP contribution in [0.25, 0.3) is 0 Å². The third-order valence-corrected chi connectivity index (χ3v) is 6.17. The molecule has 2 amide bonds. The summed E-state index contributed by atoms with van der Waals surface area (Å²) in [6.07, 6.45) is 4.29. The predicted molar refractivity (Wildman–Crippen MR) is 117 cm³/mol. The number of hydrogen-bond acceptors (Lipinski definition) is 5. The van der Waals surface area contributed by atoms with Gasteiger partial charge in [0.2, 0.25) is 11.8 Å². The van der Waals surface area contributed by atoms with Crippen molar-refractivity contribution in [3.8, 4) is 0 Å². The van der Waals surface area contributed by atoms with Gasteiger partial charge in [-0.25, -0.2) is 0 Å². The molecule has 1 heterocycles. The topological polar surface area (TPSA) is 76.2 Å². The monoisotopic (exact) mass is 426 g/mol. The van der Waals surface area contributed by atoms with E-state index in [4.69, 9.17) is 9.47 Å². The van der Waals surface area contributed by atoms with Crippen LogP contribution in [0.2, 0.25) is 0 Å². The lowest BCUT2D eigenvalue weighted by molar-refractivity contribution is -0.144. The van der Waals surface area contributed by atoms with Crippen LogP contribution in [0.3, 0.4) is 0 Å². The van der Waals surface area contributed by atoms with Crippen LogP contribution in [0.15, 0.2) is 0 Å². The van der Waals surface area contributed by atoms with E-state index in [-0.39, 0.29) is 54.4 Å². The van der Waals surface area contributed by atoms with Gasteiger partial charge in [0.05, 0.1) is 30.7 Å². The lowest BCUT2D eigenvalue weighted by Gasteiger charge is -2.36. The van der Waals surface area contributed by atoms with Gasteiger partial charge in [-0.2, -0.15) is 0 Å². The maximum atomic E-state index is 13.2. The number of methoxy groups -OCH3 is 2. The standard InChI is InChI=1S/C23H42N2O5/c1-8-10-18(24(5)21(27)13-16(2)3)20(29-6)14-22(28)25-12-9-11-19(25)23(30-7)17(4)15-26/h15-20,23H,8-14H2,1-7H3. The molecular weight excluding hydrogens is 384 g/mol. The second-order valence-electron chi connectivity index (χ2n) is 8.93. The first-order valence-electron chi connectivity index (χ1n) is 11.3. The average molecular weight is 427 g/mol. The van der Waals surface area contributed by atoms with Gasteiger partial charge in [0.25, 0.3) is 0 Å². The zero-order chi connectivity index (χ0) is 22.8. The summed E-state index contributed by atoms with van der Waals surface area (Å²) in [5.74, 6) is 0.0758. The van der Waals surface area contributed by atoms with Crippen LogP contribution in [0, 0.1) is 11.8 Å². The molecule has 1 rings (SSSR count). The van der Waals surface area contributed by atoms with Crippen molar-refractivity contribution in [3.05, 3.63) is 0 Å². The van der Waals surface area contributed by atoms with Crippen LogP contribution in [-0.4, -0.2) is 80.0 Å². The number of carbonyl (C=O) groups is 3. The van der Waals surface area contributed by atoms with Crippen LogP contribution >= 0.6 is 0 Å². The molecule has 0 saturated carbocycles. The molecule has 5 atom stereocenters. The largest absolute Gasteiger partial charge is 0.379 e. The smallest absolute Gasteiger partial charge is 0.225 e. The van der Waals surface area contributed by atoms with E-state index in [0.717, 1.165) is 32.0 Å². The van der Waals surface area contributed by atoms with Gasteiger partial charge in [-0.05, 0) is 25.2 Å². The van der Waals surface area contributed by atoms with Crippen molar-refractivity contribution in [1.82, 2.24) is 9.80 Å². The molecule has 1 aliphatic rings. The third-order valence-electron chi connectivity index (χ3n) is 6.17. The van der Waals surface area contributed by atoms with Crippen LogP contribution < -0.4 is 0 Å². The number of aldehydes is 1. The van der Waals surface area contributed by atoms with Gasteiger partial charge in [0.15, 0.2) is 0 Å². The van der Waals surface area contributed by atoms with Gasteiger partial charge in [-0.15, -0.1) is 0 Å². The molecule has 1 aliphatic heterocycles.